The number of amides is 1. The van der Waals surface area contributed by atoms with Gasteiger partial charge in [-0.1, -0.05) is 67.9 Å². The summed E-state index contributed by atoms with van der Waals surface area (Å²) in [6, 6.07) is 19.5. The van der Waals surface area contributed by atoms with Gasteiger partial charge in [-0.3, -0.25) is 14.7 Å². The summed E-state index contributed by atoms with van der Waals surface area (Å²) in [6.45, 7) is 4.32. The molecule has 0 saturated carbocycles. The molecule has 0 N–H and O–H groups in total. The first-order valence-electron chi connectivity index (χ1n) is 9.60. The molecular weight excluding hydrogens is 414 g/mol. The second kappa shape index (κ2) is 8.86. The van der Waals surface area contributed by atoms with E-state index in [1.807, 2.05) is 48.5 Å². The first kappa shape index (κ1) is 20.4. The van der Waals surface area contributed by atoms with Gasteiger partial charge in [-0.15, -0.1) is 0 Å². The van der Waals surface area contributed by atoms with Gasteiger partial charge in [0.1, 0.15) is 0 Å². The van der Waals surface area contributed by atoms with Crippen molar-refractivity contribution in [3.05, 3.63) is 94.1 Å². The van der Waals surface area contributed by atoms with E-state index in [0.29, 0.717) is 26.7 Å². The maximum absolute atomic E-state index is 13.3. The maximum atomic E-state index is 13.3. The van der Waals surface area contributed by atoms with Gasteiger partial charge in [0.15, 0.2) is 5.17 Å². The monoisotopic (exact) mass is 433 g/mol. The Kier molecular flexibility index (Phi) is 6.02. The summed E-state index contributed by atoms with van der Waals surface area (Å²) in [7, 11) is 0. The number of carbonyl (C=O) groups is 1. The van der Waals surface area contributed by atoms with Crippen molar-refractivity contribution in [1.82, 2.24) is 4.98 Å². The molecule has 4 rings (SSSR count). The van der Waals surface area contributed by atoms with Crippen LogP contribution < -0.4 is 4.90 Å². The number of aromatic nitrogens is 1. The average Bonchev–Trinajstić information content (AvgIpc) is 3.05. The third-order valence-electron chi connectivity index (χ3n) is 4.69. The second-order valence-corrected chi connectivity index (χ2v) is 8.55. The summed E-state index contributed by atoms with van der Waals surface area (Å²) in [6.07, 6.45) is 5.08. The number of nitrogens with zero attached hydrogens (tertiary/aromatic N) is 3. The summed E-state index contributed by atoms with van der Waals surface area (Å²) in [4.78, 5) is 24.2. The molecule has 0 aliphatic carbocycles. The van der Waals surface area contributed by atoms with Crippen molar-refractivity contribution < 1.29 is 4.79 Å². The Balaban J connectivity index is 1.74. The van der Waals surface area contributed by atoms with Crippen LogP contribution in [0.25, 0.3) is 6.08 Å². The molecule has 30 heavy (non-hydrogen) atoms. The van der Waals surface area contributed by atoms with E-state index in [0.717, 1.165) is 11.3 Å². The Morgan fingerprint density at radius 2 is 1.80 bits per heavy atom. The van der Waals surface area contributed by atoms with E-state index in [1.54, 1.807) is 23.4 Å². The molecule has 3 aromatic rings. The van der Waals surface area contributed by atoms with Gasteiger partial charge >= 0.3 is 0 Å². The third-order valence-corrected chi connectivity index (χ3v) is 5.95. The highest BCUT2D eigenvalue weighted by Crippen LogP contribution is 2.38. The lowest BCUT2D eigenvalue weighted by Gasteiger charge is -2.15. The average molecular weight is 434 g/mol. The number of thioether (sulfide) groups is 1. The minimum absolute atomic E-state index is 0.108. The highest BCUT2D eigenvalue weighted by molar-refractivity contribution is 8.19. The number of anilines is 1. The predicted octanol–water partition coefficient (Wildman–Crippen LogP) is 6.67. The molecule has 1 aliphatic heterocycles. The molecule has 0 unspecified atom stereocenters. The third kappa shape index (κ3) is 4.32. The van der Waals surface area contributed by atoms with Crippen LogP contribution in [-0.4, -0.2) is 16.1 Å². The molecule has 150 valence electrons. The van der Waals surface area contributed by atoms with Crippen LogP contribution in [0.2, 0.25) is 5.02 Å². The van der Waals surface area contributed by atoms with Crippen molar-refractivity contribution in [3.8, 4) is 0 Å². The highest BCUT2D eigenvalue weighted by Gasteiger charge is 2.34. The van der Waals surface area contributed by atoms with E-state index in [2.05, 4.69) is 36.0 Å². The smallest absolute Gasteiger partial charge is 0.268 e. The fraction of sp³-hybridized carbons (Fsp3) is 0.125. The summed E-state index contributed by atoms with van der Waals surface area (Å²) in [5.74, 6) is 0.356. The molecule has 0 spiro atoms. The van der Waals surface area contributed by atoms with Crippen molar-refractivity contribution in [2.45, 2.75) is 19.8 Å². The van der Waals surface area contributed by atoms with Gasteiger partial charge in [0.2, 0.25) is 0 Å². The van der Waals surface area contributed by atoms with Crippen LogP contribution in [-0.2, 0) is 4.79 Å². The van der Waals surface area contributed by atoms with Gasteiger partial charge in [-0.25, -0.2) is 4.99 Å². The Morgan fingerprint density at radius 1 is 1.07 bits per heavy atom. The zero-order chi connectivity index (χ0) is 21.1. The van der Waals surface area contributed by atoms with Gasteiger partial charge in [0.25, 0.3) is 5.91 Å². The van der Waals surface area contributed by atoms with Crippen LogP contribution in [0.3, 0.4) is 0 Å². The number of rotatable bonds is 4. The van der Waals surface area contributed by atoms with Crippen molar-refractivity contribution in [1.29, 1.82) is 0 Å². The normalized spacial score (nSPS) is 16.8. The van der Waals surface area contributed by atoms with Gasteiger partial charge in [-0.05, 0) is 53.1 Å². The van der Waals surface area contributed by atoms with Crippen molar-refractivity contribution in [2.75, 3.05) is 4.90 Å². The van der Waals surface area contributed by atoms with Crippen molar-refractivity contribution >= 4 is 51.9 Å². The Morgan fingerprint density at radius 3 is 2.47 bits per heavy atom. The SMILES string of the molecule is CC(C)c1ccc(/C=C2\SC(=Nc3ccncc3Cl)N(c3ccccc3)C2=O)cc1. The summed E-state index contributed by atoms with van der Waals surface area (Å²) >= 11 is 7.58. The molecule has 1 saturated heterocycles. The number of carbonyl (C=O) groups excluding carboxylic acids is 1. The minimum atomic E-state index is -0.108. The van der Waals surface area contributed by atoms with Crippen LogP contribution in [0.15, 0.2) is 83.0 Å². The van der Waals surface area contributed by atoms with Crippen LogP contribution in [0, 0.1) is 0 Å². The molecule has 0 bridgehead atoms. The topological polar surface area (TPSA) is 45.6 Å². The molecule has 2 heterocycles. The largest absolute Gasteiger partial charge is 0.271 e. The van der Waals surface area contributed by atoms with Gasteiger partial charge in [0.05, 0.1) is 21.3 Å². The van der Waals surface area contributed by atoms with Gasteiger partial charge in [-0.2, -0.15) is 0 Å². The lowest BCUT2D eigenvalue weighted by Crippen LogP contribution is -2.28. The predicted molar refractivity (Wildman–Crippen MR) is 126 cm³/mol. The zero-order valence-electron chi connectivity index (χ0n) is 16.6. The number of para-hydroxylation sites is 1. The van der Waals surface area contributed by atoms with E-state index in [1.165, 1.54) is 17.3 Å². The Hall–Kier alpha value is -2.89. The van der Waals surface area contributed by atoms with Crippen molar-refractivity contribution in [2.24, 2.45) is 4.99 Å². The number of amidine groups is 1. The Labute approximate surface area is 185 Å². The van der Waals surface area contributed by atoms with Crippen LogP contribution in [0.1, 0.15) is 30.9 Å². The molecule has 4 nitrogen and oxygen atoms in total. The van der Waals surface area contributed by atoms with E-state index < -0.39 is 0 Å². The standard InChI is InChI=1S/C24H20ClN3OS/c1-16(2)18-10-8-17(9-11-18)14-22-23(29)28(19-6-4-3-5-7-19)24(30-22)27-21-12-13-26-15-20(21)25/h3-16H,1-2H3/b22-14-,27-24?. The zero-order valence-corrected chi connectivity index (χ0v) is 18.2. The second-order valence-electron chi connectivity index (χ2n) is 7.13. The molecule has 0 atom stereocenters. The number of pyridine rings is 1. The number of hydrogen-bond acceptors (Lipinski definition) is 4. The molecule has 0 radical (unpaired) electrons. The van der Waals surface area contributed by atoms with Gasteiger partial charge < -0.3 is 0 Å². The molecule has 1 aliphatic rings. The van der Waals surface area contributed by atoms with Crippen LogP contribution >= 0.6 is 23.4 Å². The first-order chi connectivity index (χ1) is 14.5. The molecular formula is C24H20ClN3OS. The maximum Gasteiger partial charge on any atom is 0.271 e. The minimum Gasteiger partial charge on any atom is -0.268 e. The lowest BCUT2D eigenvalue weighted by molar-refractivity contribution is -0.113. The van der Waals surface area contributed by atoms with E-state index in [4.69, 9.17) is 11.6 Å². The molecule has 2 aromatic carbocycles. The quantitative estimate of drug-likeness (QED) is 0.432. The van der Waals surface area contributed by atoms with Gasteiger partial charge in [0, 0.05) is 12.4 Å². The highest BCUT2D eigenvalue weighted by atomic mass is 35.5. The molecule has 1 aromatic heterocycles. The summed E-state index contributed by atoms with van der Waals surface area (Å²) < 4.78 is 0. The van der Waals surface area contributed by atoms with Crippen molar-refractivity contribution in [3.63, 3.8) is 0 Å². The fourth-order valence-corrected chi connectivity index (χ4v) is 4.20. The van der Waals surface area contributed by atoms with E-state index >= 15 is 0 Å². The number of hydrogen-bond donors (Lipinski definition) is 0. The lowest BCUT2D eigenvalue weighted by atomic mass is 10.0. The number of benzene rings is 2. The number of halogens is 1. The fourth-order valence-electron chi connectivity index (χ4n) is 3.04. The first-order valence-corrected chi connectivity index (χ1v) is 10.8. The summed E-state index contributed by atoms with van der Waals surface area (Å²) in [5.41, 5.74) is 3.58. The van der Waals surface area contributed by atoms with Crippen LogP contribution in [0.5, 0.6) is 0 Å². The number of aliphatic imine (C=N–C) groups is 1. The molecule has 6 heteroatoms. The molecule has 1 amide bonds. The van der Waals surface area contributed by atoms with E-state index in [9.17, 15) is 4.79 Å². The molecule has 1 fully saturated rings. The summed E-state index contributed by atoms with van der Waals surface area (Å²) in [5, 5.41) is 0.997. The van der Waals surface area contributed by atoms with Crippen LogP contribution in [0.4, 0.5) is 11.4 Å². The van der Waals surface area contributed by atoms with E-state index in [-0.39, 0.29) is 5.91 Å². The Bertz CT molecular complexity index is 1120.